The van der Waals surface area contributed by atoms with E-state index in [1.165, 1.54) is 4.90 Å². The third-order valence-corrected chi connectivity index (χ3v) is 4.49. The first-order valence-corrected chi connectivity index (χ1v) is 9.95. The van der Waals surface area contributed by atoms with Crippen molar-refractivity contribution in [1.82, 2.24) is 9.97 Å². The van der Waals surface area contributed by atoms with E-state index in [1.54, 1.807) is 55.8 Å². The lowest BCUT2D eigenvalue weighted by molar-refractivity contribution is -0.152. The number of ether oxygens (including phenoxy) is 1. The number of aromatic nitrogens is 2. The Morgan fingerprint density at radius 1 is 1.33 bits per heavy atom. The van der Waals surface area contributed by atoms with Crippen LogP contribution in [0.4, 0.5) is 5.69 Å². The predicted molar refractivity (Wildman–Crippen MR) is 117 cm³/mol. The smallest absolute Gasteiger partial charge is 0.326 e. The molecule has 0 aliphatic carbocycles. The highest BCUT2D eigenvalue weighted by Gasteiger charge is 2.53. The number of benzene rings is 1. The molecule has 1 fully saturated rings. The molecule has 7 nitrogen and oxygen atoms in total. The van der Waals surface area contributed by atoms with Crippen LogP contribution in [-0.2, 0) is 19.1 Å². The van der Waals surface area contributed by atoms with Crippen molar-refractivity contribution in [3.05, 3.63) is 61.0 Å². The third kappa shape index (κ3) is 4.25. The molecule has 1 aromatic heterocycles. The van der Waals surface area contributed by atoms with Gasteiger partial charge in [0.15, 0.2) is 11.7 Å². The highest BCUT2D eigenvalue weighted by Crippen LogP contribution is 2.34. The minimum absolute atomic E-state index is 0.0882. The van der Waals surface area contributed by atoms with Gasteiger partial charge >= 0.3 is 5.97 Å². The van der Waals surface area contributed by atoms with Crippen LogP contribution in [0.25, 0.3) is 11.0 Å². The summed E-state index contributed by atoms with van der Waals surface area (Å²) in [7, 11) is 0. The maximum absolute atomic E-state index is 13.1. The van der Waals surface area contributed by atoms with Gasteiger partial charge in [-0.15, -0.1) is 0 Å². The lowest BCUT2D eigenvalue weighted by atomic mass is 9.97. The largest absolute Gasteiger partial charge is 0.465 e. The Morgan fingerprint density at radius 2 is 2.07 bits per heavy atom. The van der Waals surface area contributed by atoms with Crippen molar-refractivity contribution in [3.8, 4) is 0 Å². The summed E-state index contributed by atoms with van der Waals surface area (Å²) in [6.07, 6.45) is 8.24. The van der Waals surface area contributed by atoms with E-state index in [-0.39, 0.29) is 6.61 Å². The Labute approximate surface area is 176 Å². The van der Waals surface area contributed by atoms with Gasteiger partial charge in [0.2, 0.25) is 5.91 Å². The van der Waals surface area contributed by atoms with E-state index < -0.39 is 29.6 Å². The van der Waals surface area contributed by atoms with E-state index in [9.17, 15) is 14.4 Å². The van der Waals surface area contributed by atoms with Gasteiger partial charge in [-0.25, -0.2) is 4.98 Å². The molecule has 1 amide bonds. The number of aromatic amines is 1. The number of carbonyl (C=O) groups is 3. The molecule has 30 heavy (non-hydrogen) atoms. The number of amides is 1. The van der Waals surface area contributed by atoms with Crippen molar-refractivity contribution in [2.45, 2.75) is 33.7 Å². The molecule has 0 saturated carbocycles. The van der Waals surface area contributed by atoms with E-state index in [4.69, 9.17) is 4.74 Å². The number of allylic oxidation sites excluding steroid dienone is 3. The van der Waals surface area contributed by atoms with Crippen molar-refractivity contribution in [3.63, 3.8) is 0 Å². The van der Waals surface area contributed by atoms with Crippen molar-refractivity contribution in [1.29, 1.82) is 0 Å². The molecule has 2 heterocycles. The molecule has 7 heteroatoms. The summed E-state index contributed by atoms with van der Waals surface area (Å²) in [6, 6.07) is 4.24. The first-order valence-electron chi connectivity index (χ1n) is 9.95. The van der Waals surface area contributed by atoms with Crippen LogP contribution in [0, 0.1) is 5.92 Å². The summed E-state index contributed by atoms with van der Waals surface area (Å²) >= 11 is 0. The molecule has 1 aliphatic rings. The molecule has 3 rings (SSSR count). The molecule has 1 saturated heterocycles. The SMILES string of the molecule is C=C/C=C(\C=C/C)C1C(=O)C(C(=O)OCC)C(=O)N1c1ccc2nc[nH]c2c1.CC. The average molecular weight is 409 g/mol. The molecule has 2 unspecified atom stereocenters. The van der Waals surface area contributed by atoms with Crippen LogP contribution in [0.5, 0.6) is 0 Å². The Morgan fingerprint density at radius 3 is 2.70 bits per heavy atom. The third-order valence-electron chi connectivity index (χ3n) is 4.49. The lowest BCUT2D eigenvalue weighted by Crippen LogP contribution is -2.36. The molecule has 2 atom stereocenters. The maximum Gasteiger partial charge on any atom is 0.326 e. The molecule has 2 aromatic rings. The predicted octanol–water partition coefficient (Wildman–Crippen LogP) is 3.74. The lowest BCUT2D eigenvalue weighted by Gasteiger charge is -2.24. The second-order valence-corrected chi connectivity index (χ2v) is 6.20. The minimum atomic E-state index is -1.49. The molecule has 1 N–H and O–H groups in total. The number of H-pyrrole nitrogens is 1. The fraction of sp³-hybridized carbons (Fsp3) is 0.304. The topological polar surface area (TPSA) is 92.4 Å². The summed E-state index contributed by atoms with van der Waals surface area (Å²) in [5.41, 5.74) is 2.51. The first-order chi connectivity index (χ1) is 14.5. The Kier molecular flexibility index (Phi) is 7.86. The number of ketones is 1. The van der Waals surface area contributed by atoms with Crippen molar-refractivity contribution in [2.75, 3.05) is 11.5 Å². The fourth-order valence-electron chi connectivity index (χ4n) is 3.35. The zero-order valence-corrected chi connectivity index (χ0v) is 17.7. The number of hydrogen-bond donors (Lipinski definition) is 1. The van der Waals surface area contributed by atoms with Crippen LogP contribution in [0.1, 0.15) is 27.7 Å². The van der Waals surface area contributed by atoms with Crippen LogP contribution in [0.15, 0.2) is 61.0 Å². The van der Waals surface area contributed by atoms with Gasteiger partial charge in [0.25, 0.3) is 0 Å². The molecule has 0 radical (unpaired) electrons. The van der Waals surface area contributed by atoms with E-state index in [0.717, 1.165) is 11.0 Å². The van der Waals surface area contributed by atoms with Gasteiger partial charge in [-0.05, 0) is 37.6 Å². The van der Waals surface area contributed by atoms with E-state index >= 15 is 0 Å². The summed E-state index contributed by atoms with van der Waals surface area (Å²) in [5.74, 6) is -3.43. The number of fused-ring (bicyclic) bond motifs is 1. The number of rotatable bonds is 6. The van der Waals surface area contributed by atoms with E-state index in [1.807, 2.05) is 20.8 Å². The number of nitrogens with one attached hydrogen (secondary N) is 1. The van der Waals surface area contributed by atoms with Crippen molar-refractivity contribution < 1.29 is 19.1 Å². The van der Waals surface area contributed by atoms with Gasteiger partial charge in [-0.3, -0.25) is 19.3 Å². The quantitative estimate of drug-likeness (QED) is 0.446. The van der Waals surface area contributed by atoms with Crippen LogP contribution < -0.4 is 4.90 Å². The Hall–Kier alpha value is -3.48. The van der Waals surface area contributed by atoms with Crippen LogP contribution >= 0.6 is 0 Å². The number of Topliss-reactive ketones (excluding diaryl/α,β-unsaturated/α-hetero) is 1. The first kappa shape index (κ1) is 22.8. The zero-order chi connectivity index (χ0) is 22.3. The molecule has 1 aliphatic heterocycles. The Balaban J connectivity index is 0.00000155. The summed E-state index contributed by atoms with van der Waals surface area (Å²) in [6.45, 7) is 11.2. The maximum atomic E-state index is 13.1. The van der Waals surface area contributed by atoms with Gasteiger partial charge in [0, 0.05) is 5.69 Å². The molecule has 0 spiro atoms. The fourth-order valence-corrected chi connectivity index (χ4v) is 3.35. The van der Waals surface area contributed by atoms with Crippen LogP contribution in [0.3, 0.4) is 0 Å². The van der Waals surface area contributed by atoms with Gasteiger partial charge < -0.3 is 9.72 Å². The number of anilines is 1. The highest BCUT2D eigenvalue weighted by atomic mass is 16.5. The van der Waals surface area contributed by atoms with Gasteiger partial charge in [0.1, 0.15) is 6.04 Å². The summed E-state index contributed by atoms with van der Waals surface area (Å²) < 4.78 is 4.98. The number of hydrogen-bond acceptors (Lipinski definition) is 5. The average Bonchev–Trinajstić information content (AvgIpc) is 3.30. The monoisotopic (exact) mass is 409 g/mol. The van der Waals surface area contributed by atoms with E-state index in [0.29, 0.717) is 11.3 Å². The highest BCUT2D eigenvalue weighted by molar-refractivity contribution is 6.30. The number of imidazole rings is 1. The zero-order valence-electron chi connectivity index (χ0n) is 17.7. The second-order valence-electron chi connectivity index (χ2n) is 6.20. The molecule has 1 aromatic carbocycles. The van der Waals surface area contributed by atoms with Crippen LogP contribution in [0.2, 0.25) is 0 Å². The standard InChI is InChI=1S/C21H21N3O4.C2H6/c1-4-7-13(8-5-2)18-19(25)17(21(27)28-6-3)20(26)24(18)14-9-10-15-16(11-14)23-12-22-15;1-2/h4-5,7-12,17-18H,1,6H2,2-3H3,(H,22,23);1-2H3/b8-5-,13-7+;. The minimum Gasteiger partial charge on any atom is -0.465 e. The van der Waals surface area contributed by atoms with Gasteiger partial charge in [0.05, 0.1) is 24.0 Å². The Bertz CT molecular complexity index is 1000. The number of carbonyl (C=O) groups excluding carboxylic acids is 3. The van der Waals surface area contributed by atoms with Crippen molar-refractivity contribution >= 4 is 34.4 Å². The molecular weight excluding hydrogens is 382 g/mol. The molecule has 0 bridgehead atoms. The normalized spacial score (nSPS) is 19.2. The van der Waals surface area contributed by atoms with Crippen molar-refractivity contribution in [2.24, 2.45) is 5.92 Å². The van der Waals surface area contributed by atoms with E-state index in [2.05, 4.69) is 16.5 Å². The number of nitrogens with zero attached hydrogens (tertiary/aromatic N) is 2. The second kappa shape index (κ2) is 10.3. The molecular formula is C23H27N3O4. The molecule has 158 valence electrons. The summed E-state index contributed by atoms with van der Waals surface area (Å²) in [5, 5.41) is 0. The van der Waals surface area contributed by atoms with Crippen LogP contribution in [-0.4, -0.2) is 40.3 Å². The number of esters is 1. The van der Waals surface area contributed by atoms with Gasteiger partial charge in [-0.2, -0.15) is 0 Å². The summed E-state index contributed by atoms with van der Waals surface area (Å²) in [4.78, 5) is 47.1. The van der Waals surface area contributed by atoms with Gasteiger partial charge in [-0.1, -0.05) is 44.7 Å².